The average molecular weight is 352 g/mol. The van der Waals surface area contributed by atoms with Crippen LogP contribution in [0.5, 0.6) is 0 Å². The van der Waals surface area contributed by atoms with E-state index in [-0.39, 0.29) is 0 Å². The highest BCUT2D eigenvalue weighted by Gasteiger charge is 2.41. The van der Waals surface area contributed by atoms with Crippen molar-refractivity contribution in [1.29, 1.82) is 0 Å². The van der Waals surface area contributed by atoms with Gasteiger partial charge in [0.1, 0.15) is 17.1 Å². The maximum atomic E-state index is 5.84. The minimum Gasteiger partial charge on any atom is -0.368 e. The zero-order valence-electron chi connectivity index (χ0n) is 14.6. The van der Waals surface area contributed by atoms with Crippen LogP contribution in [-0.4, -0.2) is 50.2 Å². The Hall–Kier alpha value is -2.71. The lowest BCUT2D eigenvalue weighted by molar-refractivity contribution is -0.0841. The Balaban J connectivity index is 1.47. The lowest BCUT2D eigenvalue weighted by Gasteiger charge is -2.37. The van der Waals surface area contributed by atoms with E-state index in [0.29, 0.717) is 17.4 Å². The molecule has 134 valence electrons. The fourth-order valence-electron chi connectivity index (χ4n) is 3.20. The van der Waals surface area contributed by atoms with E-state index in [4.69, 9.17) is 9.26 Å². The molecule has 0 amide bonds. The Bertz CT molecular complexity index is 831. The number of rotatable bonds is 5. The molecule has 0 aliphatic carbocycles. The number of aromatic nitrogens is 5. The van der Waals surface area contributed by atoms with E-state index in [9.17, 15) is 0 Å². The highest BCUT2D eigenvalue weighted by Crippen LogP contribution is 2.36. The molecule has 4 rings (SSSR count). The second-order valence-corrected chi connectivity index (χ2v) is 6.28. The van der Waals surface area contributed by atoms with Crippen LogP contribution in [0.4, 0.5) is 0 Å². The Morgan fingerprint density at radius 3 is 2.54 bits per heavy atom. The van der Waals surface area contributed by atoms with Crippen molar-refractivity contribution >= 4 is 0 Å². The molecule has 1 saturated heterocycles. The van der Waals surface area contributed by atoms with E-state index in [1.165, 1.54) is 0 Å². The van der Waals surface area contributed by atoms with Crippen molar-refractivity contribution in [3.05, 3.63) is 54.6 Å². The number of methoxy groups -OCH3 is 1. The van der Waals surface area contributed by atoms with Gasteiger partial charge in [0.25, 0.3) is 5.89 Å². The first-order valence-corrected chi connectivity index (χ1v) is 8.58. The summed E-state index contributed by atoms with van der Waals surface area (Å²) in [7, 11) is 1.70. The van der Waals surface area contributed by atoms with Crippen molar-refractivity contribution < 1.29 is 9.26 Å². The second-order valence-electron chi connectivity index (χ2n) is 6.28. The maximum Gasteiger partial charge on any atom is 0.259 e. The summed E-state index contributed by atoms with van der Waals surface area (Å²) in [5.41, 5.74) is 0.126. The zero-order valence-corrected chi connectivity index (χ0v) is 14.6. The maximum absolute atomic E-state index is 5.84. The standard InChI is InChI=1S/C18H20N6O2/c1-25-18(17-22-16(23-26-17)14-5-2-3-8-19-14)6-11-24(12-7-18)13-15-20-9-4-10-21-15/h2-5,8-10H,6-7,11-13H2,1H3. The van der Waals surface area contributed by atoms with Gasteiger partial charge in [0, 0.05) is 38.8 Å². The van der Waals surface area contributed by atoms with Crippen molar-refractivity contribution in [3.8, 4) is 11.5 Å². The van der Waals surface area contributed by atoms with Crippen LogP contribution in [0, 0.1) is 0 Å². The third-order valence-corrected chi connectivity index (χ3v) is 4.75. The van der Waals surface area contributed by atoms with Crippen molar-refractivity contribution in [2.75, 3.05) is 20.2 Å². The first-order valence-electron chi connectivity index (χ1n) is 8.58. The fraction of sp³-hybridized carbons (Fsp3) is 0.389. The molecule has 0 bridgehead atoms. The fourth-order valence-corrected chi connectivity index (χ4v) is 3.20. The van der Waals surface area contributed by atoms with Gasteiger partial charge < -0.3 is 9.26 Å². The molecule has 1 fully saturated rings. The highest BCUT2D eigenvalue weighted by molar-refractivity contribution is 5.47. The van der Waals surface area contributed by atoms with Gasteiger partial charge in [-0.2, -0.15) is 4.98 Å². The van der Waals surface area contributed by atoms with Gasteiger partial charge in [0.05, 0.1) is 6.54 Å². The predicted molar refractivity (Wildman–Crippen MR) is 92.8 cm³/mol. The molecule has 0 radical (unpaired) electrons. The predicted octanol–water partition coefficient (Wildman–Crippen LogP) is 2.06. The molecule has 1 aliphatic rings. The summed E-state index contributed by atoms with van der Waals surface area (Å²) < 4.78 is 11.4. The number of pyridine rings is 1. The van der Waals surface area contributed by atoms with Crippen molar-refractivity contribution in [2.24, 2.45) is 0 Å². The molecule has 0 aromatic carbocycles. The van der Waals surface area contributed by atoms with Gasteiger partial charge >= 0.3 is 0 Å². The summed E-state index contributed by atoms with van der Waals surface area (Å²) in [6, 6.07) is 7.43. The number of piperidine rings is 1. The normalized spacial score (nSPS) is 17.3. The number of hydrogen-bond donors (Lipinski definition) is 0. The van der Waals surface area contributed by atoms with Crippen LogP contribution in [0.2, 0.25) is 0 Å². The molecule has 8 nitrogen and oxygen atoms in total. The van der Waals surface area contributed by atoms with E-state index >= 15 is 0 Å². The zero-order chi connectivity index (χ0) is 17.8. The molecule has 4 heterocycles. The first-order chi connectivity index (χ1) is 12.8. The topological polar surface area (TPSA) is 90.1 Å². The smallest absolute Gasteiger partial charge is 0.259 e. The quantitative estimate of drug-likeness (QED) is 0.689. The molecule has 0 saturated carbocycles. The number of nitrogens with zero attached hydrogens (tertiary/aromatic N) is 6. The number of likely N-dealkylation sites (tertiary alicyclic amines) is 1. The van der Waals surface area contributed by atoms with Gasteiger partial charge in [-0.3, -0.25) is 9.88 Å². The van der Waals surface area contributed by atoms with E-state index in [2.05, 4.69) is 30.0 Å². The Morgan fingerprint density at radius 2 is 1.85 bits per heavy atom. The molecule has 0 unspecified atom stereocenters. The molecule has 0 spiro atoms. The highest BCUT2D eigenvalue weighted by atomic mass is 16.5. The molecule has 1 aliphatic heterocycles. The van der Waals surface area contributed by atoms with Crippen LogP contribution < -0.4 is 0 Å². The van der Waals surface area contributed by atoms with Gasteiger partial charge in [-0.05, 0) is 31.0 Å². The van der Waals surface area contributed by atoms with Gasteiger partial charge in [-0.25, -0.2) is 9.97 Å². The van der Waals surface area contributed by atoms with Crippen LogP contribution in [0.3, 0.4) is 0 Å². The summed E-state index contributed by atoms with van der Waals surface area (Å²) >= 11 is 0. The summed E-state index contributed by atoms with van der Waals surface area (Å²) in [5, 5.41) is 4.08. The summed E-state index contributed by atoms with van der Waals surface area (Å²) in [4.78, 5) is 19.7. The number of ether oxygens (including phenoxy) is 1. The lowest BCUT2D eigenvalue weighted by atomic mass is 9.91. The van der Waals surface area contributed by atoms with Crippen molar-refractivity contribution in [2.45, 2.75) is 25.0 Å². The molecule has 26 heavy (non-hydrogen) atoms. The van der Waals surface area contributed by atoms with E-state index in [1.54, 1.807) is 25.7 Å². The summed E-state index contributed by atoms with van der Waals surface area (Å²) in [6.07, 6.45) is 6.77. The van der Waals surface area contributed by atoms with Gasteiger partial charge in [-0.1, -0.05) is 11.2 Å². The molecule has 8 heteroatoms. The van der Waals surface area contributed by atoms with Gasteiger partial charge in [0.2, 0.25) is 5.82 Å². The largest absolute Gasteiger partial charge is 0.368 e. The van der Waals surface area contributed by atoms with E-state index < -0.39 is 5.60 Å². The van der Waals surface area contributed by atoms with E-state index in [1.807, 2.05) is 24.3 Å². The molecule has 3 aromatic rings. The summed E-state index contributed by atoms with van der Waals surface area (Å²) in [6.45, 7) is 2.41. The van der Waals surface area contributed by atoms with Crippen LogP contribution in [0.1, 0.15) is 24.6 Å². The SMILES string of the molecule is COC1(c2nc(-c3ccccn3)no2)CCN(Cc2ncccn2)CC1. The second kappa shape index (κ2) is 7.27. The van der Waals surface area contributed by atoms with Crippen LogP contribution in [-0.2, 0) is 16.9 Å². The summed E-state index contributed by atoms with van der Waals surface area (Å²) in [5.74, 6) is 1.82. The van der Waals surface area contributed by atoms with Crippen molar-refractivity contribution in [3.63, 3.8) is 0 Å². The Kier molecular flexibility index (Phi) is 4.68. The monoisotopic (exact) mass is 352 g/mol. The van der Waals surface area contributed by atoms with Crippen LogP contribution in [0.25, 0.3) is 11.5 Å². The molecular weight excluding hydrogens is 332 g/mol. The van der Waals surface area contributed by atoms with Gasteiger partial charge in [0.15, 0.2) is 0 Å². The van der Waals surface area contributed by atoms with Crippen molar-refractivity contribution in [1.82, 2.24) is 30.0 Å². The molecule has 0 atom stereocenters. The Morgan fingerprint density at radius 1 is 1.08 bits per heavy atom. The number of hydrogen-bond acceptors (Lipinski definition) is 8. The third-order valence-electron chi connectivity index (χ3n) is 4.75. The Labute approximate surface area is 151 Å². The van der Waals surface area contributed by atoms with E-state index in [0.717, 1.165) is 38.3 Å². The molecule has 3 aromatic heterocycles. The molecular formula is C18H20N6O2. The van der Waals surface area contributed by atoms with Gasteiger partial charge in [-0.15, -0.1) is 0 Å². The molecule has 0 N–H and O–H groups in total. The van der Waals surface area contributed by atoms with Crippen LogP contribution in [0.15, 0.2) is 47.4 Å². The third kappa shape index (κ3) is 3.33. The minimum atomic E-state index is -0.561. The minimum absolute atomic E-state index is 0.483. The lowest BCUT2D eigenvalue weighted by Crippen LogP contribution is -2.43. The van der Waals surface area contributed by atoms with Crippen LogP contribution >= 0.6 is 0 Å². The first kappa shape index (κ1) is 16.7. The average Bonchev–Trinajstić information content (AvgIpc) is 3.21.